The van der Waals surface area contributed by atoms with Crippen LogP contribution in [0.2, 0.25) is 0 Å². The summed E-state index contributed by atoms with van der Waals surface area (Å²) in [7, 11) is -1.58. The Labute approximate surface area is 168 Å². The summed E-state index contributed by atoms with van der Waals surface area (Å²) in [6.07, 6.45) is 0. The van der Waals surface area contributed by atoms with Crippen molar-refractivity contribution in [1.82, 2.24) is 0 Å². The number of hydrogen-bond donors (Lipinski definition) is 0. The van der Waals surface area contributed by atoms with Gasteiger partial charge in [-0.15, -0.1) is 0 Å². The number of halogens is 1. The van der Waals surface area contributed by atoms with Crippen LogP contribution in [0.3, 0.4) is 0 Å². The lowest BCUT2D eigenvalue weighted by molar-refractivity contribution is 0.570. The lowest BCUT2D eigenvalue weighted by Crippen LogP contribution is -2.13. The molecule has 0 aliphatic carbocycles. The van der Waals surface area contributed by atoms with Crippen molar-refractivity contribution < 1.29 is 8.39 Å². The van der Waals surface area contributed by atoms with Gasteiger partial charge in [-0.25, -0.2) is 0 Å². The molecule has 0 aliphatic heterocycles. The molecular weight excluding hydrogens is 375 g/mol. The molecule has 0 fully saturated rings. The summed E-state index contributed by atoms with van der Waals surface area (Å²) in [6.45, 7) is 19.7. The summed E-state index contributed by atoms with van der Waals surface area (Å²) >= 11 is 6.59. The zero-order valence-electron chi connectivity index (χ0n) is 17.9. The highest BCUT2D eigenvalue weighted by Crippen LogP contribution is 2.46. The van der Waals surface area contributed by atoms with Gasteiger partial charge in [0.05, 0.1) is 0 Å². The van der Waals surface area contributed by atoms with Crippen LogP contribution in [0.15, 0.2) is 26.6 Å². The lowest BCUT2D eigenvalue weighted by Gasteiger charge is -2.22. The summed E-state index contributed by atoms with van der Waals surface area (Å²) in [5.41, 5.74) is 7.62. The predicted molar refractivity (Wildman–Crippen MR) is 119 cm³/mol. The summed E-state index contributed by atoms with van der Waals surface area (Å²) in [6, 6.07) is 6.59. The van der Waals surface area contributed by atoms with Crippen molar-refractivity contribution in [2.75, 3.05) is 0 Å². The maximum absolute atomic E-state index is 6.59. The average molecular weight is 405 g/mol. The van der Waals surface area contributed by atoms with E-state index in [-0.39, 0.29) is 10.8 Å². The minimum atomic E-state index is -1.58. The molecule has 1 atom stereocenters. The molecule has 2 aromatic carbocycles. The summed E-state index contributed by atoms with van der Waals surface area (Å²) in [4.78, 5) is 0. The minimum absolute atomic E-state index is 0.0556. The standard InChI is InChI=1S/C23H30ClO2P/c1-13-10-11-16(22(4,5)6)20-18(13)19-15(3)14(2)12-17(23(7,8)9)21(19)26-27(24)25-20/h10-12H,1-9H3. The van der Waals surface area contributed by atoms with Crippen molar-refractivity contribution in [2.24, 2.45) is 0 Å². The Bertz CT molecular complexity index is 1080. The van der Waals surface area contributed by atoms with Crippen molar-refractivity contribution in [3.05, 3.63) is 46.0 Å². The Morgan fingerprint density at radius 3 is 1.78 bits per heavy atom. The maximum Gasteiger partial charge on any atom is 0.327 e. The van der Waals surface area contributed by atoms with E-state index in [4.69, 9.17) is 19.6 Å². The van der Waals surface area contributed by atoms with Gasteiger partial charge >= 0.3 is 7.37 Å². The Hall–Kier alpha value is -1.37. The normalized spacial score (nSPS) is 13.5. The molecule has 0 aliphatic rings. The Morgan fingerprint density at radius 1 is 0.741 bits per heavy atom. The molecule has 0 spiro atoms. The highest BCUT2D eigenvalue weighted by Gasteiger charge is 2.25. The second kappa shape index (κ2) is 6.61. The Morgan fingerprint density at radius 2 is 1.26 bits per heavy atom. The molecule has 0 radical (unpaired) electrons. The van der Waals surface area contributed by atoms with Crippen LogP contribution in [-0.2, 0) is 10.8 Å². The molecule has 0 N–H and O–H groups in total. The van der Waals surface area contributed by atoms with Gasteiger partial charge in [0.1, 0.15) is 11.2 Å². The van der Waals surface area contributed by atoms with Gasteiger partial charge < -0.3 is 8.39 Å². The van der Waals surface area contributed by atoms with E-state index in [0.717, 1.165) is 27.5 Å². The summed E-state index contributed by atoms with van der Waals surface area (Å²) in [5.74, 6) is 0. The zero-order chi connectivity index (χ0) is 20.3. The second-order valence-electron chi connectivity index (χ2n) is 9.60. The van der Waals surface area contributed by atoms with Crippen molar-refractivity contribution in [1.29, 1.82) is 0 Å². The van der Waals surface area contributed by atoms with Crippen molar-refractivity contribution in [3.8, 4) is 0 Å². The number of aryl methyl sites for hydroxylation is 3. The predicted octanol–water partition coefficient (Wildman–Crippen LogP) is 8.81. The maximum atomic E-state index is 6.59. The lowest BCUT2D eigenvalue weighted by atomic mass is 9.81. The van der Waals surface area contributed by atoms with Crippen LogP contribution in [0.25, 0.3) is 21.9 Å². The molecule has 3 aromatic rings. The monoisotopic (exact) mass is 404 g/mol. The van der Waals surface area contributed by atoms with E-state index in [2.05, 4.69) is 80.5 Å². The molecule has 0 saturated carbocycles. The van der Waals surface area contributed by atoms with E-state index < -0.39 is 7.37 Å². The number of rotatable bonds is 0. The molecule has 1 unspecified atom stereocenters. The molecule has 4 heteroatoms. The Balaban J connectivity index is 2.76. The van der Waals surface area contributed by atoms with E-state index in [0.29, 0.717) is 0 Å². The van der Waals surface area contributed by atoms with E-state index >= 15 is 0 Å². The Kier molecular flexibility index (Phi) is 4.98. The molecule has 27 heavy (non-hydrogen) atoms. The third kappa shape index (κ3) is 3.55. The topological polar surface area (TPSA) is 26.3 Å². The molecule has 0 amide bonds. The number of benzene rings is 2. The molecule has 1 aromatic heterocycles. The molecule has 0 bridgehead atoms. The van der Waals surface area contributed by atoms with Gasteiger partial charge in [-0.05, 0) is 48.3 Å². The third-order valence-corrected chi connectivity index (χ3v) is 6.42. The van der Waals surface area contributed by atoms with Crippen LogP contribution < -0.4 is 0 Å². The van der Waals surface area contributed by atoms with Gasteiger partial charge in [0.2, 0.25) is 0 Å². The van der Waals surface area contributed by atoms with Gasteiger partial charge in [-0.2, -0.15) is 0 Å². The second-order valence-corrected chi connectivity index (χ2v) is 11.2. The molecule has 1 heterocycles. The van der Waals surface area contributed by atoms with Crippen molar-refractivity contribution >= 4 is 40.5 Å². The zero-order valence-corrected chi connectivity index (χ0v) is 19.5. The molecule has 146 valence electrons. The van der Waals surface area contributed by atoms with E-state index in [1.807, 2.05) is 0 Å². The van der Waals surface area contributed by atoms with Crippen LogP contribution in [-0.4, -0.2) is 0 Å². The fourth-order valence-corrected chi connectivity index (χ4v) is 4.80. The number of hydrogen-bond acceptors (Lipinski definition) is 2. The highest BCUT2D eigenvalue weighted by molar-refractivity contribution is 7.68. The van der Waals surface area contributed by atoms with Crippen LogP contribution in [0.1, 0.15) is 69.4 Å². The molecule has 3 rings (SSSR count). The van der Waals surface area contributed by atoms with Gasteiger partial charge in [0.15, 0.2) is 0 Å². The molecule has 0 saturated heterocycles. The molecular formula is C23H30ClO2P. The van der Waals surface area contributed by atoms with Crippen LogP contribution in [0.5, 0.6) is 0 Å². The van der Waals surface area contributed by atoms with Crippen LogP contribution in [0.4, 0.5) is 0 Å². The minimum Gasteiger partial charge on any atom is -0.408 e. The smallest absolute Gasteiger partial charge is 0.327 e. The van der Waals surface area contributed by atoms with Crippen LogP contribution >= 0.6 is 18.6 Å². The summed E-state index contributed by atoms with van der Waals surface area (Å²) < 4.78 is 12.5. The first kappa shape index (κ1) is 20.4. The van der Waals surface area contributed by atoms with Crippen molar-refractivity contribution in [3.63, 3.8) is 0 Å². The fraction of sp³-hybridized carbons (Fsp3) is 0.478. The van der Waals surface area contributed by atoms with Gasteiger partial charge in [-0.3, -0.25) is 0 Å². The highest BCUT2D eigenvalue weighted by atomic mass is 35.7. The first-order valence-corrected chi connectivity index (χ1v) is 11.5. The first-order chi connectivity index (χ1) is 12.3. The van der Waals surface area contributed by atoms with Crippen LogP contribution in [0, 0.1) is 20.8 Å². The van der Waals surface area contributed by atoms with E-state index in [9.17, 15) is 0 Å². The largest absolute Gasteiger partial charge is 0.408 e. The first-order valence-electron chi connectivity index (χ1n) is 9.43. The van der Waals surface area contributed by atoms with Gasteiger partial charge in [0, 0.05) is 33.1 Å². The van der Waals surface area contributed by atoms with Gasteiger partial charge in [0.25, 0.3) is 0 Å². The SMILES string of the molecule is Cc1cc(C(C)(C)C)c2op(Cl)oc3c(C(C)(C)C)ccc(C)c3c2c1C. The summed E-state index contributed by atoms with van der Waals surface area (Å²) in [5, 5.41) is 2.25. The van der Waals surface area contributed by atoms with Gasteiger partial charge in [-0.1, -0.05) is 59.7 Å². The molecule has 2 nitrogen and oxygen atoms in total. The van der Waals surface area contributed by atoms with E-state index in [1.165, 1.54) is 22.3 Å². The number of fused-ring (bicyclic) bond motifs is 3. The fourth-order valence-electron chi connectivity index (χ4n) is 3.68. The van der Waals surface area contributed by atoms with Crippen molar-refractivity contribution in [2.45, 2.75) is 73.1 Å². The van der Waals surface area contributed by atoms with E-state index in [1.54, 1.807) is 0 Å². The quantitative estimate of drug-likeness (QED) is 0.374. The average Bonchev–Trinajstić information content (AvgIpc) is 2.65. The third-order valence-electron chi connectivity index (χ3n) is 5.36.